The Morgan fingerprint density at radius 3 is 3.00 bits per heavy atom. The van der Waals surface area contributed by atoms with Gasteiger partial charge in [0.05, 0.1) is 18.4 Å². The van der Waals surface area contributed by atoms with Crippen LogP contribution in [0.1, 0.15) is 29.9 Å². The summed E-state index contributed by atoms with van der Waals surface area (Å²) >= 11 is 0. The first-order chi connectivity index (χ1) is 7.26. The van der Waals surface area contributed by atoms with Crippen molar-refractivity contribution in [3.05, 3.63) is 23.6 Å². The number of hydrogen-bond donors (Lipinski definition) is 1. The lowest BCUT2D eigenvalue weighted by atomic mass is 10.2. The van der Waals surface area contributed by atoms with Crippen molar-refractivity contribution in [1.29, 1.82) is 0 Å². The lowest BCUT2D eigenvalue weighted by molar-refractivity contribution is 0.0520. The van der Waals surface area contributed by atoms with Crippen LogP contribution >= 0.6 is 0 Å². The minimum Gasteiger partial charge on any atom is -0.462 e. The van der Waals surface area contributed by atoms with Gasteiger partial charge in [0.2, 0.25) is 0 Å². The number of aromatic amines is 1. The van der Waals surface area contributed by atoms with Gasteiger partial charge < -0.3 is 14.1 Å². The van der Waals surface area contributed by atoms with Crippen LogP contribution in [0, 0.1) is 0 Å². The average molecular weight is 207 g/mol. The van der Waals surface area contributed by atoms with Crippen LogP contribution in [0.5, 0.6) is 0 Å². The summed E-state index contributed by atoms with van der Waals surface area (Å²) in [5.41, 5.74) is 3.11. The van der Waals surface area contributed by atoms with E-state index in [2.05, 4.69) is 4.98 Å². The number of fused-ring (bicyclic) bond motifs is 1. The van der Waals surface area contributed by atoms with Gasteiger partial charge in [-0.25, -0.2) is 4.79 Å². The first-order valence-corrected chi connectivity index (χ1v) is 5.02. The first-order valence-electron chi connectivity index (χ1n) is 5.02. The number of ether oxygens (including phenoxy) is 1. The van der Waals surface area contributed by atoms with Gasteiger partial charge >= 0.3 is 5.97 Å². The number of hydrogen-bond acceptors (Lipinski definition) is 3. The molecule has 4 heteroatoms. The van der Waals surface area contributed by atoms with Gasteiger partial charge in [-0.2, -0.15) is 0 Å². The molecular formula is C11H13NO3. The van der Waals surface area contributed by atoms with Crippen molar-refractivity contribution in [2.24, 2.45) is 0 Å². The zero-order valence-electron chi connectivity index (χ0n) is 8.79. The zero-order chi connectivity index (χ0) is 10.8. The molecule has 15 heavy (non-hydrogen) atoms. The van der Waals surface area contributed by atoms with Crippen molar-refractivity contribution in [1.82, 2.24) is 4.98 Å². The van der Waals surface area contributed by atoms with Crippen LogP contribution in [-0.2, 0) is 11.2 Å². The van der Waals surface area contributed by atoms with E-state index in [9.17, 15) is 4.79 Å². The van der Waals surface area contributed by atoms with Gasteiger partial charge in [-0.15, -0.1) is 0 Å². The van der Waals surface area contributed by atoms with Crippen molar-refractivity contribution in [2.45, 2.75) is 20.3 Å². The molecule has 0 bridgehead atoms. The van der Waals surface area contributed by atoms with E-state index in [1.54, 1.807) is 19.3 Å². The molecule has 0 aliphatic carbocycles. The number of esters is 1. The molecule has 0 fully saturated rings. The maximum Gasteiger partial charge on any atom is 0.354 e. The molecule has 0 aliphatic rings. The highest BCUT2D eigenvalue weighted by molar-refractivity contribution is 5.93. The second-order valence-corrected chi connectivity index (χ2v) is 3.26. The van der Waals surface area contributed by atoms with Crippen LogP contribution in [0.3, 0.4) is 0 Å². The first kappa shape index (κ1) is 9.83. The number of carbonyl (C=O) groups excluding carboxylic acids is 1. The van der Waals surface area contributed by atoms with Crippen LogP contribution in [0.15, 0.2) is 16.7 Å². The van der Waals surface area contributed by atoms with E-state index < -0.39 is 0 Å². The number of aromatic nitrogens is 1. The predicted octanol–water partition coefficient (Wildman–Crippen LogP) is 2.50. The zero-order valence-corrected chi connectivity index (χ0v) is 8.79. The largest absolute Gasteiger partial charge is 0.462 e. The number of furan rings is 1. The predicted molar refractivity (Wildman–Crippen MR) is 55.9 cm³/mol. The third-order valence-corrected chi connectivity index (χ3v) is 2.31. The quantitative estimate of drug-likeness (QED) is 0.787. The molecule has 4 nitrogen and oxygen atoms in total. The highest BCUT2D eigenvalue weighted by Crippen LogP contribution is 2.22. The molecule has 0 radical (unpaired) electrons. The van der Waals surface area contributed by atoms with Gasteiger partial charge in [-0.05, 0) is 13.3 Å². The second kappa shape index (κ2) is 3.81. The molecule has 1 N–H and O–H groups in total. The van der Waals surface area contributed by atoms with E-state index in [0.717, 1.165) is 17.5 Å². The lowest BCUT2D eigenvalue weighted by Gasteiger charge is -1.97. The van der Waals surface area contributed by atoms with Crippen molar-refractivity contribution in [3.8, 4) is 0 Å². The molecule has 0 aliphatic heterocycles. The fourth-order valence-corrected chi connectivity index (χ4v) is 1.54. The van der Waals surface area contributed by atoms with Gasteiger partial charge in [-0.3, -0.25) is 0 Å². The Bertz CT molecular complexity index is 481. The standard InChI is InChI=1S/C11H13NO3/c1-3-7-6-15-9-5-8(12-10(7)9)11(13)14-4-2/h5-6,12H,3-4H2,1-2H3. The summed E-state index contributed by atoms with van der Waals surface area (Å²) in [4.78, 5) is 14.4. The number of nitrogens with one attached hydrogen (secondary N) is 1. The van der Waals surface area contributed by atoms with E-state index in [0.29, 0.717) is 17.9 Å². The van der Waals surface area contributed by atoms with Gasteiger partial charge in [0.1, 0.15) is 5.69 Å². The average Bonchev–Trinajstić information content (AvgIpc) is 2.76. The number of aryl methyl sites for hydroxylation is 1. The Kier molecular flexibility index (Phi) is 2.49. The molecule has 80 valence electrons. The minimum absolute atomic E-state index is 0.342. The molecule has 0 unspecified atom stereocenters. The maximum atomic E-state index is 11.4. The van der Waals surface area contributed by atoms with Crippen LogP contribution in [0.2, 0.25) is 0 Å². The third-order valence-electron chi connectivity index (χ3n) is 2.31. The summed E-state index contributed by atoms with van der Waals surface area (Å²) in [6.45, 7) is 4.19. The lowest BCUT2D eigenvalue weighted by Crippen LogP contribution is -2.04. The van der Waals surface area contributed by atoms with Crippen LogP contribution in [0.4, 0.5) is 0 Å². The van der Waals surface area contributed by atoms with Crippen molar-refractivity contribution >= 4 is 17.1 Å². The van der Waals surface area contributed by atoms with E-state index >= 15 is 0 Å². The summed E-state index contributed by atoms with van der Waals surface area (Å²) in [6.07, 6.45) is 2.58. The molecule has 2 rings (SSSR count). The highest BCUT2D eigenvalue weighted by Gasteiger charge is 2.14. The van der Waals surface area contributed by atoms with Gasteiger partial charge in [0.25, 0.3) is 0 Å². The van der Waals surface area contributed by atoms with Crippen molar-refractivity contribution in [2.75, 3.05) is 6.61 Å². The monoisotopic (exact) mass is 207 g/mol. The Labute approximate surface area is 87.2 Å². The molecule has 2 heterocycles. The Morgan fingerprint density at radius 1 is 1.53 bits per heavy atom. The van der Waals surface area contributed by atoms with Gasteiger partial charge in [0.15, 0.2) is 5.58 Å². The second-order valence-electron chi connectivity index (χ2n) is 3.26. The Balaban J connectivity index is 2.38. The summed E-state index contributed by atoms with van der Waals surface area (Å²) in [6, 6.07) is 1.67. The van der Waals surface area contributed by atoms with Crippen molar-refractivity contribution in [3.63, 3.8) is 0 Å². The molecule has 2 aromatic heterocycles. The molecule has 0 spiro atoms. The summed E-state index contributed by atoms with van der Waals surface area (Å²) < 4.78 is 10.2. The molecule has 0 amide bonds. The minimum atomic E-state index is -0.342. The Hall–Kier alpha value is -1.71. The molecule has 0 aromatic carbocycles. The van der Waals surface area contributed by atoms with Crippen LogP contribution < -0.4 is 0 Å². The molecule has 2 aromatic rings. The summed E-state index contributed by atoms with van der Waals surface area (Å²) in [7, 11) is 0. The fraction of sp³-hybridized carbons (Fsp3) is 0.364. The third kappa shape index (κ3) is 1.63. The van der Waals surface area contributed by atoms with E-state index in [-0.39, 0.29) is 5.97 Å². The maximum absolute atomic E-state index is 11.4. The summed E-state index contributed by atoms with van der Waals surface area (Å²) in [5.74, 6) is -0.342. The molecule has 0 saturated heterocycles. The smallest absolute Gasteiger partial charge is 0.354 e. The Morgan fingerprint density at radius 2 is 2.33 bits per heavy atom. The highest BCUT2D eigenvalue weighted by atomic mass is 16.5. The molecular weight excluding hydrogens is 194 g/mol. The number of H-pyrrole nitrogens is 1. The summed E-state index contributed by atoms with van der Waals surface area (Å²) in [5, 5.41) is 0. The molecule has 0 atom stereocenters. The van der Waals surface area contributed by atoms with Crippen molar-refractivity contribution < 1.29 is 13.9 Å². The fourth-order valence-electron chi connectivity index (χ4n) is 1.54. The number of carbonyl (C=O) groups is 1. The van der Waals surface area contributed by atoms with Crippen LogP contribution in [0.25, 0.3) is 11.1 Å². The van der Waals surface area contributed by atoms with E-state index in [1.807, 2.05) is 6.92 Å². The normalized spacial score (nSPS) is 10.8. The van der Waals surface area contributed by atoms with Gasteiger partial charge in [0, 0.05) is 11.6 Å². The SMILES string of the molecule is CCOC(=O)c1cc2occ(CC)c2[nH]1. The van der Waals surface area contributed by atoms with Crippen LogP contribution in [-0.4, -0.2) is 17.6 Å². The topological polar surface area (TPSA) is 55.2 Å². The van der Waals surface area contributed by atoms with E-state index in [4.69, 9.17) is 9.15 Å². The number of rotatable bonds is 3. The molecule has 0 saturated carbocycles. The van der Waals surface area contributed by atoms with Gasteiger partial charge in [-0.1, -0.05) is 6.92 Å². The van der Waals surface area contributed by atoms with E-state index in [1.165, 1.54) is 0 Å².